The van der Waals surface area contributed by atoms with Crippen LogP contribution in [0.15, 0.2) is 42.9 Å². The van der Waals surface area contributed by atoms with Gasteiger partial charge in [0.1, 0.15) is 5.02 Å². The molecule has 1 fully saturated rings. The molecular formula is C24H25ClN8O2. The van der Waals surface area contributed by atoms with E-state index in [-0.39, 0.29) is 11.9 Å². The number of rotatable bonds is 1. The number of pyridine rings is 1. The van der Waals surface area contributed by atoms with Crippen LogP contribution in [0.5, 0.6) is 0 Å². The Labute approximate surface area is 207 Å². The van der Waals surface area contributed by atoms with Crippen LogP contribution in [0.2, 0.25) is 5.02 Å². The molecule has 11 heteroatoms. The molecule has 2 aromatic heterocycles. The first-order chi connectivity index (χ1) is 16.9. The summed E-state index contributed by atoms with van der Waals surface area (Å²) in [5, 5.41) is 9.88. The van der Waals surface area contributed by atoms with Gasteiger partial charge >= 0.3 is 6.03 Å². The molecule has 0 radical (unpaired) electrons. The average molecular weight is 493 g/mol. The van der Waals surface area contributed by atoms with Gasteiger partial charge in [0.05, 0.1) is 18.1 Å². The summed E-state index contributed by atoms with van der Waals surface area (Å²) in [7, 11) is 0. The summed E-state index contributed by atoms with van der Waals surface area (Å²) in [5.74, 6) is 0.909. The number of hydrogen-bond donors (Lipinski definition) is 3. The number of urea groups is 1. The summed E-state index contributed by atoms with van der Waals surface area (Å²) in [6, 6.07) is 7.57. The molecule has 35 heavy (non-hydrogen) atoms. The van der Waals surface area contributed by atoms with Crippen molar-refractivity contribution in [2.45, 2.75) is 19.8 Å². The lowest BCUT2D eigenvalue weighted by Gasteiger charge is -2.34. The minimum Gasteiger partial charge on any atom is -0.339 e. The van der Waals surface area contributed by atoms with E-state index in [0.29, 0.717) is 49.4 Å². The first-order valence-corrected chi connectivity index (χ1v) is 11.8. The van der Waals surface area contributed by atoms with E-state index in [0.717, 1.165) is 34.6 Å². The van der Waals surface area contributed by atoms with E-state index in [4.69, 9.17) is 11.6 Å². The zero-order valence-electron chi connectivity index (χ0n) is 19.2. The summed E-state index contributed by atoms with van der Waals surface area (Å²) in [6.07, 6.45) is 6.49. The third kappa shape index (κ3) is 5.27. The van der Waals surface area contributed by atoms with Crippen molar-refractivity contribution in [3.8, 4) is 0 Å². The monoisotopic (exact) mass is 492 g/mol. The number of carbonyl (C=O) groups excluding carboxylic acids is 2. The van der Waals surface area contributed by atoms with E-state index < -0.39 is 0 Å². The maximum atomic E-state index is 13.0. The molecule has 0 aliphatic carbocycles. The van der Waals surface area contributed by atoms with Gasteiger partial charge in [0.2, 0.25) is 11.9 Å². The van der Waals surface area contributed by atoms with Gasteiger partial charge in [-0.2, -0.15) is 4.98 Å². The smallest absolute Gasteiger partial charge is 0.321 e. The molecule has 5 rings (SSSR count). The Morgan fingerprint density at radius 3 is 2.57 bits per heavy atom. The molecule has 6 bridgehead atoms. The average Bonchev–Trinajstić information content (AvgIpc) is 2.86. The second kappa shape index (κ2) is 9.75. The lowest BCUT2D eigenvalue weighted by molar-refractivity contribution is -0.130. The van der Waals surface area contributed by atoms with Crippen molar-refractivity contribution in [3.05, 3.63) is 59.0 Å². The van der Waals surface area contributed by atoms with Crippen molar-refractivity contribution in [2.24, 2.45) is 0 Å². The lowest BCUT2D eigenvalue weighted by atomic mass is 10.0. The van der Waals surface area contributed by atoms with E-state index in [9.17, 15) is 9.59 Å². The molecule has 0 unspecified atom stereocenters. The number of amides is 3. The second-order valence-corrected chi connectivity index (χ2v) is 8.92. The van der Waals surface area contributed by atoms with Gasteiger partial charge in [-0.3, -0.25) is 9.78 Å². The van der Waals surface area contributed by atoms with Gasteiger partial charge in [0.25, 0.3) is 0 Å². The van der Waals surface area contributed by atoms with Crippen LogP contribution in [0.1, 0.15) is 18.1 Å². The van der Waals surface area contributed by atoms with Gasteiger partial charge in [0, 0.05) is 50.7 Å². The van der Waals surface area contributed by atoms with E-state index >= 15 is 0 Å². The van der Waals surface area contributed by atoms with E-state index in [2.05, 4.69) is 30.9 Å². The van der Waals surface area contributed by atoms with Gasteiger partial charge in [-0.1, -0.05) is 11.6 Å². The number of nitrogens with one attached hydrogen (secondary N) is 3. The van der Waals surface area contributed by atoms with Gasteiger partial charge in [-0.25, -0.2) is 9.78 Å². The fraction of sp³-hybridized carbons (Fsp3) is 0.292. The predicted octanol–water partition coefficient (Wildman–Crippen LogP) is 3.81. The van der Waals surface area contributed by atoms with Crippen LogP contribution in [-0.2, 0) is 17.6 Å². The first kappa shape index (κ1) is 22.9. The van der Waals surface area contributed by atoms with E-state index in [1.54, 1.807) is 22.9 Å². The van der Waals surface area contributed by atoms with Gasteiger partial charge in [-0.15, -0.1) is 0 Å². The van der Waals surface area contributed by atoms with Crippen LogP contribution in [-0.4, -0.2) is 62.9 Å². The number of aromatic nitrogens is 3. The number of benzene rings is 1. The van der Waals surface area contributed by atoms with E-state index in [1.807, 2.05) is 30.5 Å². The van der Waals surface area contributed by atoms with Crippen molar-refractivity contribution in [2.75, 3.05) is 42.1 Å². The molecule has 2 aliphatic rings. The Balaban J connectivity index is 1.42. The maximum absolute atomic E-state index is 13.0. The van der Waals surface area contributed by atoms with E-state index in [1.165, 1.54) is 6.20 Å². The van der Waals surface area contributed by atoms with Gasteiger partial charge in [-0.05, 0) is 48.2 Å². The van der Waals surface area contributed by atoms with Crippen LogP contribution in [0.25, 0.3) is 0 Å². The normalized spacial score (nSPS) is 15.0. The largest absolute Gasteiger partial charge is 0.339 e. The van der Waals surface area contributed by atoms with Crippen molar-refractivity contribution in [3.63, 3.8) is 0 Å². The zero-order chi connectivity index (χ0) is 24.4. The second-order valence-electron chi connectivity index (χ2n) is 8.52. The van der Waals surface area contributed by atoms with Crippen LogP contribution >= 0.6 is 11.6 Å². The number of fused-ring (bicyclic) bond motifs is 6. The minimum absolute atomic E-state index is 0.0315. The molecule has 0 spiro atoms. The summed E-state index contributed by atoms with van der Waals surface area (Å²) >= 11 is 6.33. The SMILES string of the molecule is CC(=O)N1CCN(C(=O)Nc2ccc3cc2CCc2cncc(c2)Nc2ncc(Cl)c(n2)N3)CC1. The topological polar surface area (TPSA) is 115 Å². The molecular weight excluding hydrogens is 468 g/mol. The van der Waals surface area contributed by atoms with Crippen molar-refractivity contribution >= 4 is 52.4 Å². The molecule has 2 aliphatic heterocycles. The number of halogens is 1. The molecule has 3 N–H and O–H groups in total. The Kier molecular flexibility index (Phi) is 6.37. The highest BCUT2D eigenvalue weighted by Gasteiger charge is 2.23. The Morgan fingerprint density at radius 2 is 1.77 bits per heavy atom. The Hall–Kier alpha value is -3.92. The third-order valence-electron chi connectivity index (χ3n) is 6.10. The highest BCUT2D eigenvalue weighted by atomic mass is 35.5. The molecule has 0 atom stereocenters. The summed E-state index contributed by atoms with van der Waals surface area (Å²) in [6.45, 7) is 3.63. The zero-order valence-corrected chi connectivity index (χ0v) is 20.0. The third-order valence-corrected chi connectivity index (χ3v) is 6.38. The minimum atomic E-state index is -0.176. The summed E-state index contributed by atoms with van der Waals surface area (Å²) in [5.41, 5.74) is 4.32. The predicted molar refractivity (Wildman–Crippen MR) is 135 cm³/mol. The number of anilines is 5. The Bertz CT molecular complexity index is 1280. The molecule has 0 saturated carbocycles. The molecule has 4 heterocycles. The molecule has 10 nitrogen and oxygen atoms in total. The van der Waals surface area contributed by atoms with Crippen LogP contribution in [0.4, 0.5) is 33.6 Å². The number of piperazine rings is 1. The highest BCUT2D eigenvalue weighted by Crippen LogP contribution is 2.29. The molecule has 180 valence electrons. The molecule has 1 aromatic carbocycles. The standard InChI is InChI=1S/C24H25ClN8O2/c1-15(34)32-6-8-33(9-7-32)24(35)30-21-5-4-18-11-17(21)3-2-16-10-19(13-26-12-16)29-23-27-14-20(25)22(28-18)31-23/h4-5,10-14H,2-3,6-9H2,1H3,(H,30,35)(H2,27,28,29,31). The van der Waals surface area contributed by atoms with Crippen LogP contribution in [0, 0.1) is 0 Å². The van der Waals surface area contributed by atoms with Crippen LogP contribution in [0.3, 0.4) is 0 Å². The Morgan fingerprint density at radius 1 is 0.971 bits per heavy atom. The lowest BCUT2D eigenvalue weighted by Crippen LogP contribution is -2.51. The maximum Gasteiger partial charge on any atom is 0.321 e. The van der Waals surface area contributed by atoms with Gasteiger partial charge < -0.3 is 25.8 Å². The van der Waals surface area contributed by atoms with Crippen LogP contribution < -0.4 is 16.0 Å². The number of nitrogens with zero attached hydrogens (tertiary/aromatic N) is 5. The fourth-order valence-corrected chi connectivity index (χ4v) is 4.31. The summed E-state index contributed by atoms with van der Waals surface area (Å²) in [4.78, 5) is 41.1. The van der Waals surface area contributed by atoms with Crippen molar-refractivity contribution < 1.29 is 9.59 Å². The number of carbonyl (C=O) groups is 2. The molecule has 1 saturated heterocycles. The van der Waals surface area contributed by atoms with Crippen molar-refractivity contribution in [1.29, 1.82) is 0 Å². The quantitative estimate of drug-likeness (QED) is 0.473. The molecule has 3 aromatic rings. The fourth-order valence-electron chi connectivity index (χ4n) is 4.17. The molecule has 3 amide bonds. The van der Waals surface area contributed by atoms with Gasteiger partial charge in [0.15, 0.2) is 5.82 Å². The highest BCUT2D eigenvalue weighted by molar-refractivity contribution is 6.32. The number of aryl methyl sites for hydroxylation is 2. The van der Waals surface area contributed by atoms with Crippen molar-refractivity contribution in [1.82, 2.24) is 24.8 Å². The summed E-state index contributed by atoms with van der Waals surface area (Å²) < 4.78 is 0. The first-order valence-electron chi connectivity index (χ1n) is 11.4. The number of hydrogen-bond acceptors (Lipinski definition) is 7.